The molecule has 0 amide bonds. The van der Waals surface area contributed by atoms with E-state index in [0.717, 1.165) is 25.9 Å². The maximum absolute atomic E-state index is 10.7. The highest BCUT2D eigenvalue weighted by molar-refractivity contribution is 5.66. The van der Waals surface area contributed by atoms with Gasteiger partial charge in [0.25, 0.3) is 0 Å². The highest BCUT2D eigenvalue weighted by Gasteiger charge is 2.27. The molecule has 1 aliphatic heterocycles. The molecule has 1 aromatic rings. The smallest absolute Gasteiger partial charge is 0.304 e. The Morgan fingerprint density at radius 2 is 2.10 bits per heavy atom. The summed E-state index contributed by atoms with van der Waals surface area (Å²) in [5.74, 6) is -0.712. The Morgan fingerprint density at radius 3 is 2.71 bits per heavy atom. The first-order chi connectivity index (χ1) is 10.1. The number of carbonyl (C=O) groups is 1. The van der Waals surface area contributed by atoms with Crippen molar-refractivity contribution < 1.29 is 9.90 Å². The SMILES string of the molecule is CC1CC(N(C)CCC(=O)O)CCN1Cc1ccccc1. The van der Waals surface area contributed by atoms with Crippen LogP contribution in [0.5, 0.6) is 0 Å². The summed E-state index contributed by atoms with van der Waals surface area (Å²) in [7, 11) is 2.05. The van der Waals surface area contributed by atoms with Crippen LogP contribution in [0.1, 0.15) is 31.7 Å². The lowest BCUT2D eigenvalue weighted by molar-refractivity contribution is -0.137. The molecule has 1 N–H and O–H groups in total. The zero-order valence-corrected chi connectivity index (χ0v) is 13.0. The summed E-state index contributed by atoms with van der Waals surface area (Å²) in [5, 5.41) is 8.78. The third kappa shape index (κ3) is 4.83. The first kappa shape index (κ1) is 16.0. The number of piperidine rings is 1. The lowest BCUT2D eigenvalue weighted by Crippen LogP contribution is -2.47. The van der Waals surface area contributed by atoms with Gasteiger partial charge in [-0.25, -0.2) is 0 Å². The number of hydrogen-bond donors (Lipinski definition) is 1. The van der Waals surface area contributed by atoms with Crippen LogP contribution in [0, 0.1) is 0 Å². The van der Waals surface area contributed by atoms with Crippen molar-refractivity contribution in [2.24, 2.45) is 0 Å². The second-order valence-corrected chi connectivity index (χ2v) is 6.11. The van der Waals surface area contributed by atoms with E-state index >= 15 is 0 Å². The second-order valence-electron chi connectivity index (χ2n) is 6.11. The maximum Gasteiger partial charge on any atom is 0.304 e. The van der Waals surface area contributed by atoms with E-state index in [9.17, 15) is 4.79 Å². The largest absolute Gasteiger partial charge is 0.481 e. The van der Waals surface area contributed by atoms with Crippen molar-refractivity contribution >= 4 is 5.97 Å². The molecule has 21 heavy (non-hydrogen) atoms. The zero-order chi connectivity index (χ0) is 15.2. The van der Waals surface area contributed by atoms with Crippen LogP contribution in [0.25, 0.3) is 0 Å². The molecule has 0 spiro atoms. The molecule has 0 radical (unpaired) electrons. The molecule has 4 nitrogen and oxygen atoms in total. The predicted octanol–water partition coefficient (Wildman–Crippen LogP) is 2.45. The van der Waals surface area contributed by atoms with E-state index in [4.69, 9.17) is 5.11 Å². The molecule has 0 saturated carbocycles. The molecule has 2 atom stereocenters. The van der Waals surface area contributed by atoms with Crippen molar-refractivity contribution in [1.82, 2.24) is 9.80 Å². The molecule has 116 valence electrons. The Kier molecular flexibility index (Phi) is 5.76. The van der Waals surface area contributed by atoms with Crippen LogP contribution in [0.15, 0.2) is 30.3 Å². The van der Waals surface area contributed by atoms with Gasteiger partial charge < -0.3 is 10.0 Å². The fourth-order valence-electron chi connectivity index (χ4n) is 3.10. The van der Waals surface area contributed by atoms with Crippen LogP contribution in [0.3, 0.4) is 0 Å². The quantitative estimate of drug-likeness (QED) is 0.874. The number of rotatable bonds is 6. The number of likely N-dealkylation sites (tertiary alicyclic amines) is 1. The van der Waals surface area contributed by atoms with Crippen molar-refractivity contribution in [2.45, 2.75) is 44.8 Å². The van der Waals surface area contributed by atoms with Gasteiger partial charge in [0.15, 0.2) is 0 Å². The fourth-order valence-corrected chi connectivity index (χ4v) is 3.10. The second kappa shape index (κ2) is 7.57. The molecule has 1 fully saturated rings. The molecule has 0 bridgehead atoms. The lowest BCUT2D eigenvalue weighted by atomic mass is 9.96. The van der Waals surface area contributed by atoms with Crippen molar-refractivity contribution in [2.75, 3.05) is 20.1 Å². The average Bonchev–Trinajstić information content (AvgIpc) is 2.48. The minimum Gasteiger partial charge on any atom is -0.481 e. The summed E-state index contributed by atoms with van der Waals surface area (Å²) in [6.45, 7) is 5.01. The number of carboxylic acid groups (broad SMARTS) is 1. The molecule has 0 aromatic heterocycles. The summed E-state index contributed by atoms with van der Waals surface area (Å²) < 4.78 is 0. The van der Waals surface area contributed by atoms with Crippen molar-refractivity contribution in [1.29, 1.82) is 0 Å². The van der Waals surface area contributed by atoms with E-state index in [-0.39, 0.29) is 6.42 Å². The van der Waals surface area contributed by atoms with Gasteiger partial charge in [0.2, 0.25) is 0 Å². The Balaban J connectivity index is 1.83. The first-order valence-electron chi connectivity index (χ1n) is 7.76. The summed E-state index contributed by atoms with van der Waals surface area (Å²) in [5.41, 5.74) is 1.36. The summed E-state index contributed by atoms with van der Waals surface area (Å²) in [6.07, 6.45) is 2.46. The number of nitrogens with zero attached hydrogens (tertiary/aromatic N) is 2. The van der Waals surface area contributed by atoms with Crippen LogP contribution in [0.2, 0.25) is 0 Å². The third-order valence-corrected chi connectivity index (χ3v) is 4.52. The number of aliphatic carboxylic acids is 1. The fraction of sp³-hybridized carbons (Fsp3) is 0.588. The van der Waals surface area contributed by atoms with Crippen LogP contribution in [-0.2, 0) is 11.3 Å². The normalized spacial score (nSPS) is 23.4. The number of benzene rings is 1. The number of carboxylic acids is 1. The minimum atomic E-state index is -0.712. The molecule has 4 heteroatoms. The lowest BCUT2D eigenvalue weighted by Gasteiger charge is -2.41. The van der Waals surface area contributed by atoms with Gasteiger partial charge in [-0.1, -0.05) is 30.3 Å². The molecule has 2 rings (SSSR count). The highest BCUT2D eigenvalue weighted by Crippen LogP contribution is 2.23. The van der Waals surface area contributed by atoms with E-state index < -0.39 is 5.97 Å². The van der Waals surface area contributed by atoms with Gasteiger partial charge in [-0.05, 0) is 32.4 Å². The summed E-state index contributed by atoms with van der Waals surface area (Å²) >= 11 is 0. The van der Waals surface area contributed by atoms with Gasteiger partial charge in [-0.3, -0.25) is 9.69 Å². The first-order valence-corrected chi connectivity index (χ1v) is 7.76. The van der Waals surface area contributed by atoms with Gasteiger partial charge in [-0.15, -0.1) is 0 Å². The zero-order valence-electron chi connectivity index (χ0n) is 13.0. The van der Waals surface area contributed by atoms with Crippen LogP contribution in [0.4, 0.5) is 0 Å². The standard InChI is InChI=1S/C17H26N2O2/c1-14-12-16(18(2)10-9-17(20)21)8-11-19(14)13-15-6-4-3-5-7-15/h3-7,14,16H,8-13H2,1-2H3,(H,20,21). The van der Waals surface area contributed by atoms with Gasteiger partial charge in [-0.2, -0.15) is 0 Å². The molecular formula is C17H26N2O2. The topological polar surface area (TPSA) is 43.8 Å². The van der Waals surface area contributed by atoms with E-state index in [0.29, 0.717) is 18.6 Å². The Morgan fingerprint density at radius 1 is 1.38 bits per heavy atom. The molecule has 0 aliphatic carbocycles. The average molecular weight is 290 g/mol. The monoisotopic (exact) mass is 290 g/mol. The summed E-state index contributed by atoms with van der Waals surface area (Å²) in [6, 6.07) is 11.6. The van der Waals surface area contributed by atoms with Crippen LogP contribution < -0.4 is 0 Å². The number of hydrogen-bond acceptors (Lipinski definition) is 3. The Bertz CT molecular complexity index is 449. The van der Waals surface area contributed by atoms with Crippen LogP contribution in [-0.4, -0.2) is 53.1 Å². The Labute approximate surface area is 127 Å². The van der Waals surface area contributed by atoms with Crippen LogP contribution >= 0.6 is 0 Å². The maximum atomic E-state index is 10.7. The Hall–Kier alpha value is -1.39. The van der Waals surface area contributed by atoms with Gasteiger partial charge in [0.1, 0.15) is 0 Å². The van der Waals surface area contributed by atoms with E-state index in [2.05, 4.69) is 47.1 Å². The third-order valence-electron chi connectivity index (χ3n) is 4.52. The molecular weight excluding hydrogens is 264 g/mol. The molecule has 1 saturated heterocycles. The van der Waals surface area contributed by atoms with Gasteiger partial charge >= 0.3 is 5.97 Å². The molecule has 2 unspecified atom stereocenters. The van der Waals surface area contributed by atoms with Crippen molar-refractivity contribution in [3.63, 3.8) is 0 Å². The molecule has 1 aliphatic rings. The minimum absolute atomic E-state index is 0.231. The summed E-state index contributed by atoms with van der Waals surface area (Å²) in [4.78, 5) is 15.4. The predicted molar refractivity (Wildman–Crippen MR) is 84.2 cm³/mol. The van der Waals surface area contributed by atoms with E-state index in [1.807, 2.05) is 7.05 Å². The van der Waals surface area contributed by atoms with E-state index in [1.165, 1.54) is 5.56 Å². The molecule has 1 heterocycles. The van der Waals surface area contributed by atoms with E-state index in [1.54, 1.807) is 0 Å². The highest BCUT2D eigenvalue weighted by atomic mass is 16.4. The van der Waals surface area contributed by atoms with Crippen molar-refractivity contribution in [3.8, 4) is 0 Å². The molecule has 1 aromatic carbocycles. The van der Waals surface area contributed by atoms with Crippen molar-refractivity contribution in [3.05, 3.63) is 35.9 Å². The van der Waals surface area contributed by atoms with Gasteiger partial charge in [0.05, 0.1) is 6.42 Å². The van der Waals surface area contributed by atoms with Gasteiger partial charge in [0, 0.05) is 31.7 Å².